The molecule has 0 fully saturated rings. The number of halogens is 1. The Hall–Kier alpha value is -4.28. The number of aliphatic imine (C=N–C) groups is 1. The highest BCUT2D eigenvalue weighted by Gasteiger charge is 2.30. The molecule has 0 aromatic heterocycles. The molecule has 1 aliphatic rings. The summed E-state index contributed by atoms with van der Waals surface area (Å²) >= 11 is 11.8. The lowest BCUT2D eigenvalue weighted by molar-refractivity contribution is -0.119. The smallest absolute Gasteiger partial charge is 0.337 e. The summed E-state index contributed by atoms with van der Waals surface area (Å²) in [5.41, 5.74) is 3.21. The number of carbonyl (C=O) groups is 3. The highest BCUT2D eigenvalue weighted by molar-refractivity contribution is 7.80. The Morgan fingerprint density at radius 1 is 0.974 bits per heavy atom. The minimum atomic E-state index is -1.09. The van der Waals surface area contributed by atoms with Gasteiger partial charge in [0.25, 0.3) is 5.91 Å². The number of carbonyl (C=O) groups excluding carboxylic acids is 3. The van der Waals surface area contributed by atoms with Crippen LogP contribution in [0.5, 0.6) is 0 Å². The third kappa shape index (κ3) is 5.66. The molecule has 9 nitrogen and oxygen atoms in total. The largest absolute Gasteiger partial charge is 0.465 e. The standard InChI is InChI=1S/C27H23ClN4O5S/c1-32-21-10-9-18(28)14-20(21)22(15-7-5-4-6-8-15)30-23(24(32)33)31-27(38)29-19-12-16(25(34)36-2)11-17(13-19)26(35)37-3/h4-14,23H,1-3H3,(H2,29,31,38). The van der Waals surface area contributed by atoms with E-state index in [1.54, 1.807) is 25.2 Å². The number of ether oxygens (including phenoxy) is 2. The van der Waals surface area contributed by atoms with E-state index in [1.165, 1.54) is 37.3 Å². The molecule has 0 saturated carbocycles. The Kier molecular flexibility index (Phi) is 8.04. The third-order valence-electron chi connectivity index (χ3n) is 5.75. The van der Waals surface area contributed by atoms with E-state index in [-0.39, 0.29) is 22.1 Å². The number of esters is 2. The summed E-state index contributed by atoms with van der Waals surface area (Å²) in [6.45, 7) is 0. The molecular formula is C27H23ClN4O5S. The van der Waals surface area contributed by atoms with E-state index >= 15 is 0 Å². The summed E-state index contributed by atoms with van der Waals surface area (Å²) in [6, 6.07) is 18.9. The molecule has 38 heavy (non-hydrogen) atoms. The third-order valence-corrected chi connectivity index (χ3v) is 6.20. The second-order valence-corrected chi connectivity index (χ2v) is 9.03. The van der Waals surface area contributed by atoms with Crippen molar-refractivity contribution in [1.82, 2.24) is 5.32 Å². The van der Waals surface area contributed by atoms with Crippen LogP contribution in [0.15, 0.2) is 71.7 Å². The van der Waals surface area contributed by atoms with Crippen LogP contribution in [0.25, 0.3) is 0 Å². The van der Waals surface area contributed by atoms with Gasteiger partial charge >= 0.3 is 11.9 Å². The number of likely N-dealkylation sites (N-methyl/N-ethyl adjacent to an activating group) is 1. The van der Waals surface area contributed by atoms with Crippen molar-refractivity contribution in [1.29, 1.82) is 0 Å². The van der Waals surface area contributed by atoms with Crippen LogP contribution in [0.1, 0.15) is 31.8 Å². The van der Waals surface area contributed by atoms with Crippen LogP contribution in [0, 0.1) is 0 Å². The topological polar surface area (TPSA) is 109 Å². The van der Waals surface area contributed by atoms with Crippen molar-refractivity contribution in [3.8, 4) is 0 Å². The van der Waals surface area contributed by atoms with Crippen LogP contribution in [0.3, 0.4) is 0 Å². The van der Waals surface area contributed by atoms with Gasteiger partial charge in [-0.25, -0.2) is 14.6 Å². The fourth-order valence-electron chi connectivity index (χ4n) is 3.93. The van der Waals surface area contributed by atoms with Crippen molar-refractivity contribution >= 4 is 63.9 Å². The molecule has 1 amide bonds. The zero-order valence-electron chi connectivity index (χ0n) is 20.7. The van der Waals surface area contributed by atoms with Crippen molar-refractivity contribution in [2.24, 2.45) is 4.99 Å². The maximum absolute atomic E-state index is 13.4. The Balaban J connectivity index is 1.68. The maximum Gasteiger partial charge on any atom is 0.337 e. The molecule has 2 N–H and O–H groups in total. The molecule has 194 valence electrons. The van der Waals surface area contributed by atoms with Crippen molar-refractivity contribution in [2.45, 2.75) is 6.17 Å². The summed E-state index contributed by atoms with van der Waals surface area (Å²) in [6.07, 6.45) is -1.09. The first-order valence-corrected chi connectivity index (χ1v) is 12.1. The Labute approximate surface area is 229 Å². The van der Waals surface area contributed by atoms with Gasteiger partial charge in [-0.05, 0) is 48.6 Å². The molecular weight excluding hydrogens is 528 g/mol. The highest BCUT2D eigenvalue weighted by atomic mass is 35.5. The molecule has 1 heterocycles. The van der Waals surface area contributed by atoms with Gasteiger partial charge in [-0.1, -0.05) is 41.9 Å². The van der Waals surface area contributed by atoms with Gasteiger partial charge in [0.15, 0.2) is 5.11 Å². The summed E-state index contributed by atoms with van der Waals surface area (Å²) in [5.74, 6) is -1.65. The quantitative estimate of drug-likeness (QED) is 0.362. The predicted octanol–water partition coefficient (Wildman–Crippen LogP) is 4.04. The van der Waals surface area contributed by atoms with E-state index in [0.717, 1.165) is 5.56 Å². The lowest BCUT2D eigenvalue weighted by Crippen LogP contribution is -2.47. The van der Waals surface area contributed by atoms with Crippen molar-refractivity contribution in [2.75, 3.05) is 31.5 Å². The van der Waals surface area contributed by atoms with Gasteiger partial charge in [-0.15, -0.1) is 0 Å². The summed E-state index contributed by atoms with van der Waals surface area (Å²) in [4.78, 5) is 43.9. The number of hydrogen-bond donors (Lipinski definition) is 2. The van der Waals surface area contributed by atoms with Gasteiger partial charge in [-0.3, -0.25) is 4.79 Å². The van der Waals surface area contributed by atoms with Crippen molar-refractivity contribution in [3.05, 3.63) is 94.0 Å². The van der Waals surface area contributed by atoms with Gasteiger partial charge in [0.1, 0.15) is 0 Å². The zero-order valence-corrected chi connectivity index (χ0v) is 22.2. The normalized spacial score (nSPS) is 14.5. The number of benzene rings is 3. The van der Waals surface area contributed by atoms with Crippen LogP contribution in [0.2, 0.25) is 5.02 Å². The van der Waals surface area contributed by atoms with Crippen molar-refractivity contribution in [3.63, 3.8) is 0 Å². The first kappa shape index (κ1) is 26.8. The van der Waals surface area contributed by atoms with Crippen LogP contribution in [-0.2, 0) is 14.3 Å². The summed E-state index contributed by atoms with van der Waals surface area (Å²) in [7, 11) is 4.11. The zero-order chi connectivity index (χ0) is 27.4. The van der Waals surface area contributed by atoms with Crippen molar-refractivity contribution < 1.29 is 23.9 Å². The summed E-state index contributed by atoms with van der Waals surface area (Å²) in [5, 5.41) is 6.39. The number of amides is 1. The average molecular weight is 551 g/mol. The molecule has 1 atom stereocenters. The molecule has 3 aromatic carbocycles. The number of nitrogens with one attached hydrogen (secondary N) is 2. The number of benzodiazepines with no additional fused rings is 1. The first-order chi connectivity index (χ1) is 18.2. The SMILES string of the molecule is COC(=O)c1cc(NC(=S)NC2N=C(c3ccccc3)c3cc(Cl)ccc3N(C)C2=O)cc(C(=O)OC)c1. The second-order valence-electron chi connectivity index (χ2n) is 8.19. The second kappa shape index (κ2) is 11.4. The van der Waals surface area contributed by atoms with Crippen LogP contribution in [0.4, 0.5) is 11.4 Å². The number of anilines is 2. The van der Waals surface area contributed by atoms with Gasteiger partial charge in [0.05, 0.1) is 36.7 Å². The minimum Gasteiger partial charge on any atom is -0.465 e. The van der Waals surface area contributed by atoms with E-state index in [9.17, 15) is 14.4 Å². The van der Waals surface area contributed by atoms with Crippen LogP contribution >= 0.6 is 23.8 Å². The molecule has 0 radical (unpaired) electrons. The molecule has 4 rings (SSSR count). The molecule has 11 heteroatoms. The number of methoxy groups -OCH3 is 2. The fourth-order valence-corrected chi connectivity index (χ4v) is 4.33. The molecule has 0 spiro atoms. The monoisotopic (exact) mass is 550 g/mol. The Morgan fingerprint density at radius 3 is 2.21 bits per heavy atom. The fraction of sp³-hybridized carbons (Fsp3) is 0.148. The Morgan fingerprint density at radius 2 is 1.61 bits per heavy atom. The van der Waals surface area contributed by atoms with E-state index in [4.69, 9.17) is 38.3 Å². The number of nitrogens with zero attached hydrogens (tertiary/aromatic N) is 2. The molecule has 0 bridgehead atoms. The van der Waals surface area contributed by atoms with Crippen LogP contribution in [-0.4, -0.2) is 56.1 Å². The van der Waals surface area contributed by atoms with E-state index in [1.807, 2.05) is 30.3 Å². The number of rotatable bonds is 5. The number of thiocarbonyl (C=S) groups is 1. The maximum atomic E-state index is 13.4. The molecule has 3 aromatic rings. The molecule has 0 saturated heterocycles. The van der Waals surface area contributed by atoms with Gasteiger partial charge in [0, 0.05) is 28.9 Å². The van der Waals surface area contributed by atoms with Crippen LogP contribution < -0.4 is 15.5 Å². The highest BCUT2D eigenvalue weighted by Crippen LogP contribution is 2.30. The number of hydrogen-bond acceptors (Lipinski definition) is 7. The number of fused-ring (bicyclic) bond motifs is 1. The lowest BCUT2D eigenvalue weighted by Gasteiger charge is -2.22. The van der Waals surface area contributed by atoms with E-state index < -0.39 is 18.1 Å². The first-order valence-electron chi connectivity index (χ1n) is 11.3. The van der Waals surface area contributed by atoms with E-state index in [0.29, 0.717) is 27.7 Å². The Bertz CT molecular complexity index is 1430. The molecule has 0 aliphatic carbocycles. The predicted molar refractivity (Wildman–Crippen MR) is 149 cm³/mol. The summed E-state index contributed by atoms with van der Waals surface area (Å²) < 4.78 is 9.55. The molecule has 1 unspecified atom stereocenters. The molecule has 1 aliphatic heterocycles. The van der Waals surface area contributed by atoms with Gasteiger partial charge in [-0.2, -0.15) is 0 Å². The van der Waals surface area contributed by atoms with Gasteiger partial charge < -0.3 is 25.0 Å². The van der Waals surface area contributed by atoms with E-state index in [2.05, 4.69) is 10.6 Å². The minimum absolute atomic E-state index is 0.0368. The average Bonchev–Trinajstić information content (AvgIpc) is 3.02. The lowest BCUT2D eigenvalue weighted by atomic mass is 10.0. The van der Waals surface area contributed by atoms with Gasteiger partial charge in [0.2, 0.25) is 6.17 Å².